The highest BCUT2D eigenvalue weighted by Crippen LogP contribution is 2.45. The molecule has 2 aliphatic rings. The molecule has 19 heavy (non-hydrogen) atoms. The predicted octanol–water partition coefficient (Wildman–Crippen LogP) is 1.37. The van der Waals surface area contributed by atoms with Gasteiger partial charge in [-0.25, -0.2) is 4.79 Å². The highest BCUT2D eigenvalue weighted by molar-refractivity contribution is 5.85. The average Bonchev–Trinajstić information content (AvgIpc) is 3.24. The van der Waals surface area contributed by atoms with Crippen molar-refractivity contribution in [1.29, 1.82) is 0 Å². The van der Waals surface area contributed by atoms with E-state index in [1.165, 1.54) is 4.90 Å². The SMILES string of the molecule is O=CN(C1CC1)C1(C(=O)O)CCOc2ccccc21. The summed E-state index contributed by atoms with van der Waals surface area (Å²) >= 11 is 0. The smallest absolute Gasteiger partial charge is 0.334 e. The summed E-state index contributed by atoms with van der Waals surface area (Å²) in [6, 6.07) is 7.11. The fraction of sp³-hybridized carbons (Fsp3) is 0.429. The van der Waals surface area contributed by atoms with E-state index < -0.39 is 11.5 Å². The van der Waals surface area contributed by atoms with Gasteiger partial charge >= 0.3 is 5.97 Å². The van der Waals surface area contributed by atoms with Crippen LogP contribution < -0.4 is 4.74 Å². The van der Waals surface area contributed by atoms with Gasteiger partial charge in [0.1, 0.15) is 5.75 Å². The molecule has 100 valence electrons. The molecule has 1 heterocycles. The Kier molecular flexibility index (Phi) is 2.69. The van der Waals surface area contributed by atoms with E-state index in [2.05, 4.69) is 0 Å². The summed E-state index contributed by atoms with van der Waals surface area (Å²) in [7, 11) is 0. The number of benzene rings is 1. The number of carboxylic acid groups (broad SMARTS) is 1. The lowest BCUT2D eigenvalue weighted by atomic mass is 9.83. The number of hydrogen-bond acceptors (Lipinski definition) is 3. The van der Waals surface area contributed by atoms with Gasteiger partial charge in [-0.15, -0.1) is 0 Å². The average molecular weight is 261 g/mol. The van der Waals surface area contributed by atoms with E-state index in [1.807, 2.05) is 0 Å². The van der Waals surface area contributed by atoms with E-state index in [4.69, 9.17) is 4.74 Å². The first-order valence-corrected chi connectivity index (χ1v) is 6.39. The van der Waals surface area contributed by atoms with E-state index in [0.29, 0.717) is 24.3 Å². The maximum atomic E-state index is 11.9. The molecule has 0 spiro atoms. The molecule has 0 saturated heterocycles. The van der Waals surface area contributed by atoms with Crippen LogP contribution in [0.5, 0.6) is 5.75 Å². The number of rotatable bonds is 4. The summed E-state index contributed by atoms with van der Waals surface area (Å²) in [5.41, 5.74) is -0.703. The van der Waals surface area contributed by atoms with Crippen molar-refractivity contribution in [2.75, 3.05) is 6.61 Å². The number of para-hydroxylation sites is 1. The van der Waals surface area contributed by atoms with Crippen molar-refractivity contribution in [3.63, 3.8) is 0 Å². The normalized spacial score (nSPS) is 25.1. The molecule has 0 bridgehead atoms. The quantitative estimate of drug-likeness (QED) is 0.831. The number of ether oxygens (including phenoxy) is 1. The second kappa shape index (κ2) is 4.26. The third-order valence-corrected chi connectivity index (χ3v) is 3.90. The standard InChI is InChI=1S/C14H15NO4/c16-9-15(10-5-6-10)14(13(17)18)7-8-19-12-4-2-1-3-11(12)14/h1-4,9-10H,5-8H2,(H,17,18). The summed E-state index contributed by atoms with van der Waals surface area (Å²) in [6.45, 7) is 0.306. The zero-order valence-electron chi connectivity index (χ0n) is 10.4. The van der Waals surface area contributed by atoms with Crippen molar-refractivity contribution < 1.29 is 19.4 Å². The van der Waals surface area contributed by atoms with Crippen molar-refractivity contribution in [2.24, 2.45) is 0 Å². The van der Waals surface area contributed by atoms with Gasteiger partial charge in [-0.2, -0.15) is 0 Å². The minimum atomic E-state index is -1.28. The number of carbonyl (C=O) groups excluding carboxylic acids is 1. The van der Waals surface area contributed by atoms with Gasteiger partial charge in [-0.1, -0.05) is 18.2 Å². The molecule has 3 rings (SSSR count). The maximum absolute atomic E-state index is 11.9. The van der Waals surface area contributed by atoms with Crippen molar-refractivity contribution in [2.45, 2.75) is 30.8 Å². The Labute approximate surface area is 110 Å². The Hall–Kier alpha value is -2.04. The summed E-state index contributed by atoms with van der Waals surface area (Å²) in [6.07, 6.45) is 2.70. The summed E-state index contributed by atoms with van der Waals surface area (Å²) in [4.78, 5) is 24.8. The molecule has 1 fully saturated rings. The van der Waals surface area contributed by atoms with Crippen LogP contribution in [0.4, 0.5) is 0 Å². The van der Waals surface area contributed by atoms with Crippen LogP contribution in [0.15, 0.2) is 24.3 Å². The van der Waals surface area contributed by atoms with Crippen molar-refractivity contribution >= 4 is 12.4 Å². The van der Waals surface area contributed by atoms with Crippen molar-refractivity contribution in [1.82, 2.24) is 4.90 Å². The third kappa shape index (κ3) is 1.69. The van der Waals surface area contributed by atoms with Crippen LogP contribution in [0, 0.1) is 0 Å². The second-order valence-electron chi connectivity index (χ2n) is 5.00. The second-order valence-corrected chi connectivity index (χ2v) is 5.00. The van der Waals surface area contributed by atoms with Gasteiger partial charge < -0.3 is 14.7 Å². The molecule has 1 aliphatic carbocycles. The van der Waals surface area contributed by atoms with Gasteiger partial charge in [-0.3, -0.25) is 4.79 Å². The summed E-state index contributed by atoms with van der Waals surface area (Å²) in [5.74, 6) is -0.425. The lowest BCUT2D eigenvalue weighted by molar-refractivity contribution is -0.159. The number of aliphatic carboxylic acids is 1. The van der Waals surface area contributed by atoms with E-state index in [1.54, 1.807) is 24.3 Å². The number of carboxylic acids is 1. The minimum Gasteiger partial charge on any atom is -0.493 e. The molecule has 1 atom stereocenters. The lowest BCUT2D eigenvalue weighted by Crippen LogP contribution is -2.55. The van der Waals surface area contributed by atoms with Crippen molar-refractivity contribution in [3.05, 3.63) is 29.8 Å². The Morgan fingerprint density at radius 3 is 2.79 bits per heavy atom. The number of amides is 1. The van der Waals surface area contributed by atoms with Gasteiger partial charge in [-0.05, 0) is 18.9 Å². The number of carbonyl (C=O) groups is 2. The van der Waals surface area contributed by atoms with E-state index >= 15 is 0 Å². The predicted molar refractivity (Wildman–Crippen MR) is 66.8 cm³/mol. The van der Waals surface area contributed by atoms with Crippen LogP contribution >= 0.6 is 0 Å². The topological polar surface area (TPSA) is 66.8 Å². The zero-order chi connectivity index (χ0) is 13.5. The molecule has 1 saturated carbocycles. The number of nitrogens with zero attached hydrogens (tertiary/aromatic N) is 1. The zero-order valence-corrected chi connectivity index (χ0v) is 10.4. The fourth-order valence-electron chi connectivity index (χ4n) is 2.82. The molecule has 1 N–H and O–H groups in total. The van der Waals surface area contributed by atoms with Crippen LogP contribution in [-0.2, 0) is 15.1 Å². The molecule has 1 amide bonds. The highest BCUT2D eigenvalue weighted by atomic mass is 16.5. The molecule has 5 nitrogen and oxygen atoms in total. The van der Waals surface area contributed by atoms with Gasteiger partial charge in [0.05, 0.1) is 6.61 Å². The molecule has 1 aromatic carbocycles. The Bertz CT molecular complexity index is 526. The molecular formula is C14H15NO4. The molecule has 1 aliphatic heterocycles. The molecule has 0 aromatic heterocycles. The first kappa shape index (κ1) is 12.0. The maximum Gasteiger partial charge on any atom is 0.334 e. The first-order valence-electron chi connectivity index (χ1n) is 6.39. The van der Waals surface area contributed by atoms with Crippen LogP contribution in [0.3, 0.4) is 0 Å². The Morgan fingerprint density at radius 2 is 2.16 bits per heavy atom. The fourth-order valence-corrected chi connectivity index (χ4v) is 2.82. The molecule has 0 radical (unpaired) electrons. The van der Waals surface area contributed by atoms with Crippen LogP contribution in [0.1, 0.15) is 24.8 Å². The monoisotopic (exact) mass is 261 g/mol. The summed E-state index contributed by atoms with van der Waals surface area (Å²) < 4.78 is 5.52. The summed E-state index contributed by atoms with van der Waals surface area (Å²) in [5, 5.41) is 9.76. The number of hydrogen-bond donors (Lipinski definition) is 1. The van der Waals surface area contributed by atoms with Crippen molar-refractivity contribution in [3.8, 4) is 5.75 Å². The lowest BCUT2D eigenvalue weighted by Gasteiger charge is -2.42. The van der Waals surface area contributed by atoms with Crippen LogP contribution in [-0.4, -0.2) is 35.0 Å². The number of fused-ring (bicyclic) bond motifs is 1. The van der Waals surface area contributed by atoms with Crippen LogP contribution in [0.2, 0.25) is 0 Å². The van der Waals surface area contributed by atoms with Gasteiger partial charge in [0.25, 0.3) is 0 Å². The van der Waals surface area contributed by atoms with E-state index in [-0.39, 0.29) is 12.5 Å². The largest absolute Gasteiger partial charge is 0.493 e. The highest BCUT2D eigenvalue weighted by Gasteiger charge is 2.53. The third-order valence-electron chi connectivity index (χ3n) is 3.90. The Morgan fingerprint density at radius 1 is 1.42 bits per heavy atom. The molecule has 5 heteroatoms. The van der Waals surface area contributed by atoms with E-state index in [9.17, 15) is 14.7 Å². The molecular weight excluding hydrogens is 246 g/mol. The van der Waals surface area contributed by atoms with Gasteiger partial charge in [0, 0.05) is 18.0 Å². The minimum absolute atomic E-state index is 0.0414. The van der Waals surface area contributed by atoms with E-state index in [0.717, 1.165) is 12.8 Å². The first-order chi connectivity index (χ1) is 9.20. The van der Waals surface area contributed by atoms with Gasteiger partial charge in [0.2, 0.25) is 6.41 Å². The molecule has 1 aromatic rings. The van der Waals surface area contributed by atoms with Gasteiger partial charge in [0.15, 0.2) is 5.54 Å². The Balaban J connectivity index is 2.16. The molecule has 1 unspecified atom stereocenters. The van der Waals surface area contributed by atoms with Crippen LogP contribution in [0.25, 0.3) is 0 Å².